The fraction of sp³-hybridized carbons (Fsp3) is 0.846. The van der Waals surface area contributed by atoms with Crippen LogP contribution in [-0.4, -0.2) is 52.1 Å². The van der Waals surface area contributed by atoms with Crippen LogP contribution in [0.2, 0.25) is 0 Å². The molecule has 2 unspecified atom stereocenters. The molecule has 5 nitrogen and oxygen atoms in total. The van der Waals surface area contributed by atoms with Crippen LogP contribution in [0.25, 0.3) is 0 Å². The lowest BCUT2D eigenvalue weighted by atomic mass is 9.91. The molecule has 0 spiro atoms. The first-order valence-corrected chi connectivity index (χ1v) is 8.04. The molecule has 1 saturated heterocycles. The second-order valence-electron chi connectivity index (χ2n) is 5.64. The maximum Gasteiger partial charge on any atom is 0.326 e. The minimum absolute atomic E-state index is 0.0208. The van der Waals surface area contributed by atoms with E-state index in [0.717, 1.165) is 25.7 Å². The van der Waals surface area contributed by atoms with Crippen molar-refractivity contribution < 1.29 is 14.7 Å². The van der Waals surface area contributed by atoms with E-state index in [1.54, 1.807) is 11.8 Å². The third-order valence-electron chi connectivity index (χ3n) is 4.25. The zero-order chi connectivity index (χ0) is 14.0. The number of hydrogen-bond donors (Lipinski definition) is 2. The Balaban J connectivity index is 1.94. The molecule has 108 valence electrons. The van der Waals surface area contributed by atoms with Gasteiger partial charge in [0.25, 0.3) is 0 Å². The molecule has 1 aliphatic heterocycles. The number of amides is 2. The standard InChI is InChI=1S/C13H22N2O3S/c1-9-4-3-7-15(10(9)11(16)17)12(18)14-8-13(19-2)5-6-13/h9-10H,3-8H2,1-2H3,(H,14,18)(H,16,17). The maximum atomic E-state index is 12.2. The Morgan fingerprint density at radius 1 is 1.47 bits per heavy atom. The summed E-state index contributed by atoms with van der Waals surface area (Å²) in [7, 11) is 0. The monoisotopic (exact) mass is 286 g/mol. The zero-order valence-electron chi connectivity index (χ0n) is 11.5. The van der Waals surface area contributed by atoms with Crippen molar-refractivity contribution in [3.05, 3.63) is 0 Å². The van der Waals surface area contributed by atoms with Crippen molar-refractivity contribution >= 4 is 23.8 Å². The third-order valence-corrected chi connectivity index (χ3v) is 5.67. The van der Waals surface area contributed by atoms with Gasteiger partial charge in [-0.25, -0.2) is 9.59 Å². The van der Waals surface area contributed by atoms with Crippen molar-refractivity contribution in [2.24, 2.45) is 5.92 Å². The van der Waals surface area contributed by atoms with E-state index < -0.39 is 12.0 Å². The van der Waals surface area contributed by atoms with E-state index in [0.29, 0.717) is 13.1 Å². The predicted octanol–water partition coefficient (Wildman–Crippen LogP) is 1.78. The molecular formula is C13H22N2O3S. The van der Waals surface area contributed by atoms with Gasteiger partial charge < -0.3 is 15.3 Å². The Morgan fingerprint density at radius 3 is 2.68 bits per heavy atom. The predicted molar refractivity (Wildman–Crippen MR) is 75.4 cm³/mol. The Kier molecular flexibility index (Phi) is 4.28. The van der Waals surface area contributed by atoms with Gasteiger partial charge in [0, 0.05) is 17.8 Å². The molecule has 0 aromatic rings. The average molecular weight is 286 g/mol. The second-order valence-corrected chi connectivity index (χ2v) is 6.92. The Morgan fingerprint density at radius 2 is 2.16 bits per heavy atom. The summed E-state index contributed by atoms with van der Waals surface area (Å²) in [6.45, 7) is 3.09. The summed E-state index contributed by atoms with van der Waals surface area (Å²) < 4.78 is 0.204. The Bertz CT molecular complexity index is 371. The van der Waals surface area contributed by atoms with Crippen LogP contribution in [-0.2, 0) is 4.79 Å². The highest BCUT2D eigenvalue weighted by molar-refractivity contribution is 8.00. The second kappa shape index (κ2) is 5.61. The van der Waals surface area contributed by atoms with Crippen molar-refractivity contribution in [2.75, 3.05) is 19.3 Å². The van der Waals surface area contributed by atoms with Gasteiger partial charge in [0.15, 0.2) is 0 Å². The SMILES string of the molecule is CSC1(CNC(=O)N2CCCC(C)C2C(=O)O)CC1. The Hall–Kier alpha value is -0.910. The van der Waals surface area contributed by atoms with Crippen molar-refractivity contribution in [1.29, 1.82) is 0 Å². The molecule has 1 aliphatic carbocycles. The molecule has 0 aromatic carbocycles. The van der Waals surface area contributed by atoms with E-state index >= 15 is 0 Å². The van der Waals surface area contributed by atoms with Crippen molar-refractivity contribution in [3.8, 4) is 0 Å². The van der Waals surface area contributed by atoms with Crippen LogP contribution < -0.4 is 5.32 Å². The topological polar surface area (TPSA) is 69.6 Å². The normalized spacial score (nSPS) is 28.8. The number of nitrogens with zero attached hydrogens (tertiary/aromatic N) is 1. The van der Waals surface area contributed by atoms with Crippen LogP contribution in [0.3, 0.4) is 0 Å². The summed E-state index contributed by atoms with van der Waals surface area (Å²) >= 11 is 1.78. The number of rotatable bonds is 4. The number of hydrogen-bond acceptors (Lipinski definition) is 3. The minimum Gasteiger partial charge on any atom is -0.480 e. The van der Waals surface area contributed by atoms with Crippen LogP contribution in [0.15, 0.2) is 0 Å². The van der Waals surface area contributed by atoms with E-state index in [9.17, 15) is 14.7 Å². The summed E-state index contributed by atoms with van der Waals surface area (Å²) in [6, 6.07) is -0.905. The number of likely N-dealkylation sites (tertiary alicyclic amines) is 1. The van der Waals surface area contributed by atoms with Gasteiger partial charge in [0.05, 0.1) is 0 Å². The summed E-state index contributed by atoms with van der Waals surface area (Å²) in [5.74, 6) is -0.874. The molecule has 2 amide bonds. The lowest BCUT2D eigenvalue weighted by molar-refractivity contribution is -0.145. The number of carboxylic acid groups (broad SMARTS) is 1. The lowest BCUT2D eigenvalue weighted by Crippen LogP contribution is -2.55. The van der Waals surface area contributed by atoms with Crippen molar-refractivity contribution in [1.82, 2.24) is 10.2 Å². The number of urea groups is 1. The van der Waals surface area contributed by atoms with Gasteiger partial charge in [-0.1, -0.05) is 6.92 Å². The molecule has 2 aliphatic rings. The summed E-state index contributed by atoms with van der Waals surface area (Å²) in [5.41, 5.74) is 0. The fourth-order valence-corrected chi connectivity index (χ4v) is 3.45. The van der Waals surface area contributed by atoms with Crippen LogP contribution in [0.5, 0.6) is 0 Å². The molecular weight excluding hydrogens is 264 g/mol. The maximum absolute atomic E-state index is 12.2. The van der Waals surface area contributed by atoms with Crippen molar-refractivity contribution in [2.45, 2.75) is 43.4 Å². The van der Waals surface area contributed by atoms with Gasteiger partial charge in [0.2, 0.25) is 0 Å². The average Bonchev–Trinajstić information content (AvgIpc) is 3.16. The van der Waals surface area contributed by atoms with Gasteiger partial charge >= 0.3 is 12.0 Å². The highest BCUT2D eigenvalue weighted by Crippen LogP contribution is 2.46. The first-order chi connectivity index (χ1) is 8.99. The van der Waals surface area contributed by atoms with E-state index in [4.69, 9.17) is 0 Å². The van der Waals surface area contributed by atoms with Crippen LogP contribution >= 0.6 is 11.8 Å². The highest BCUT2D eigenvalue weighted by Gasteiger charge is 2.43. The molecule has 0 radical (unpaired) electrons. The minimum atomic E-state index is -0.895. The van der Waals surface area contributed by atoms with Crippen LogP contribution in [0.1, 0.15) is 32.6 Å². The number of carbonyl (C=O) groups is 2. The van der Waals surface area contributed by atoms with Gasteiger partial charge in [-0.2, -0.15) is 11.8 Å². The molecule has 19 heavy (non-hydrogen) atoms. The van der Waals surface area contributed by atoms with Crippen LogP contribution in [0, 0.1) is 5.92 Å². The molecule has 2 rings (SSSR count). The number of carbonyl (C=O) groups excluding carboxylic acids is 1. The molecule has 2 N–H and O–H groups in total. The number of aliphatic carboxylic acids is 1. The van der Waals surface area contributed by atoms with E-state index in [2.05, 4.69) is 11.6 Å². The fourth-order valence-electron chi connectivity index (χ4n) is 2.72. The lowest BCUT2D eigenvalue weighted by Gasteiger charge is -2.37. The summed E-state index contributed by atoms with van der Waals surface area (Å²) in [4.78, 5) is 25.0. The quantitative estimate of drug-likeness (QED) is 0.826. The summed E-state index contributed by atoms with van der Waals surface area (Å²) in [5, 5.41) is 12.2. The number of thioether (sulfide) groups is 1. The first kappa shape index (κ1) is 14.5. The summed E-state index contributed by atoms with van der Waals surface area (Å²) in [6.07, 6.45) is 6.07. The molecule has 6 heteroatoms. The van der Waals surface area contributed by atoms with E-state index in [1.165, 1.54) is 4.90 Å². The van der Waals surface area contributed by atoms with Gasteiger partial charge in [-0.15, -0.1) is 0 Å². The Labute approximate surface area is 118 Å². The van der Waals surface area contributed by atoms with Crippen LogP contribution in [0.4, 0.5) is 4.79 Å². The molecule has 2 fully saturated rings. The largest absolute Gasteiger partial charge is 0.480 e. The molecule has 0 bridgehead atoms. The molecule has 2 atom stereocenters. The smallest absolute Gasteiger partial charge is 0.326 e. The first-order valence-electron chi connectivity index (χ1n) is 6.81. The molecule has 1 heterocycles. The van der Waals surface area contributed by atoms with Gasteiger partial charge in [-0.3, -0.25) is 0 Å². The van der Waals surface area contributed by atoms with E-state index in [-0.39, 0.29) is 16.7 Å². The highest BCUT2D eigenvalue weighted by atomic mass is 32.2. The van der Waals surface area contributed by atoms with Gasteiger partial charge in [0.1, 0.15) is 6.04 Å². The van der Waals surface area contributed by atoms with Crippen molar-refractivity contribution in [3.63, 3.8) is 0 Å². The number of piperidine rings is 1. The number of nitrogens with one attached hydrogen (secondary N) is 1. The third kappa shape index (κ3) is 3.16. The molecule has 0 aromatic heterocycles. The zero-order valence-corrected chi connectivity index (χ0v) is 12.3. The van der Waals surface area contributed by atoms with E-state index in [1.807, 2.05) is 6.92 Å². The number of carboxylic acids is 1. The molecule has 1 saturated carbocycles. The van der Waals surface area contributed by atoms with Gasteiger partial charge in [-0.05, 0) is 37.9 Å².